The molecule has 1 unspecified atom stereocenters. The Morgan fingerprint density at radius 3 is 2.89 bits per heavy atom. The van der Waals surface area contributed by atoms with Crippen molar-refractivity contribution in [3.8, 4) is 22.4 Å². The fraction of sp³-hybridized carbons (Fsp3) is 0.250. The molecule has 0 aliphatic carbocycles. The molecule has 4 heterocycles. The first kappa shape index (κ1) is 23.7. The van der Waals surface area contributed by atoms with E-state index < -0.39 is 11.8 Å². The lowest BCUT2D eigenvalue weighted by Gasteiger charge is -2.17. The lowest BCUT2D eigenvalue weighted by atomic mass is 10.0. The zero-order valence-corrected chi connectivity index (χ0v) is 20.6. The summed E-state index contributed by atoms with van der Waals surface area (Å²) < 4.78 is 18.8. The van der Waals surface area contributed by atoms with Crippen molar-refractivity contribution in [2.24, 2.45) is 0 Å². The lowest BCUT2D eigenvalue weighted by molar-refractivity contribution is 0.251. The van der Waals surface area contributed by atoms with Gasteiger partial charge in [0.2, 0.25) is 0 Å². The smallest absolute Gasteiger partial charge is 0.319 e. The van der Waals surface area contributed by atoms with Crippen LogP contribution in [0.2, 0.25) is 0 Å². The molecular weight excluding hydrogens is 485 g/mol. The average molecular weight is 512 g/mol. The molecule has 2 N–H and O–H groups in total. The molecule has 1 fully saturated rings. The molecule has 2 amide bonds. The van der Waals surface area contributed by atoms with Crippen molar-refractivity contribution in [2.75, 3.05) is 25.0 Å². The van der Waals surface area contributed by atoms with Gasteiger partial charge >= 0.3 is 6.03 Å². The molecule has 4 aromatic rings. The number of urea groups is 1. The maximum absolute atomic E-state index is 15.0. The van der Waals surface area contributed by atoms with Crippen molar-refractivity contribution >= 4 is 17.7 Å². The van der Waals surface area contributed by atoms with E-state index in [1.807, 2.05) is 39.8 Å². The van der Waals surface area contributed by atoms with Gasteiger partial charge in [0.25, 0.3) is 0 Å². The molecule has 2 aliphatic rings. The zero-order chi connectivity index (χ0) is 26.1. The summed E-state index contributed by atoms with van der Waals surface area (Å²) in [4.78, 5) is 29.9. The molecular formula is C28H26FN7O2. The van der Waals surface area contributed by atoms with Gasteiger partial charge in [-0.2, -0.15) is 5.10 Å². The van der Waals surface area contributed by atoms with Crippen LogP contribution in [0.25, 0.3) is 22.4 Å². The molecule has 192 valence electrons. The summed E-state index contributed by atoms with van der Waals surface area (Å²) >= 11 is 0. The molecule has 1 atom stereocenters. The highest BCUT2D eigenvalue weighted by Gasteiger charge is 2.28. The third kappa shape index (κ3) is 4.46. The second-order valence-corrected chi connectivity index (χ2v) is 9.45. The molecule has 1 saturated heterocycles. The Kier molecular flexibility index (Phi) is 6.23. The number of imidazole rings is 1. The molecule has 2 aromatic heterocycles. The number of carbonyl (C=O) groups excluding carboxylic acids is 2. The van der Waals surface area contributed by atoms with Crippen LogP contribution in [-0.4, -0.2) is 55.8 Å². The largest absolute Gasteiger partial charge is 0.364 e. The van der Waals surface area contributed by atoms with Crippen molar-refractivity contribution in [3.05, 3.63) is 84.5 Å². The van der Waals surface area contributed by atoms with Gasteiger partial charge in [0.1, 0.15) is 11.8 Å². The van der Waals surface area contributed by atoms with Gasteiger partial charge < -0.3 is 20.1 Å². The number of hydrogen-bond donors (Lipinski definition) is 2. The summed E-state index contributed by atoms with van der Waals surface area (Å²) in [6, 6.07) is 12.2. The van der Waals surface area contributed by atoms with Crippen LogP contribution in [0.15, 0.2) is 73.1 Å². The molecule has 0 radical (unpaired) electrons. The summed E-state index contributed by atoms with van der Waals surface area (Å²) in [5.74, 6) is 1.55. The fourth-order valence-corrected chi connectivity index (χ4v) is 5.27. The Bertz CT molecular complexity index is 1550. The highest BCUT2D eigenvalue weighted by atomic mass is 19.1. The van der Waals surface area contributed by atoms with Gasteiger partial charge in [-0.3, -0.25) is 4.68 Å². The van der Waals surface area contributed by atoms with Gasteiger partial charge in [0, 0.05) is 48.2 Å². The number of hydrogen-bond acceptors (Lipinski definition) is 5. The van der Waals surface area contributed by atoms with E-state index in [0.29, 0.717) is 42.1 Å². The molecule has 38 heavy (non-hydrogen) atoms. The van der Waals surface area contributed by atoms with Crippen LogP contribution in [0.5, 0.6) is 0 Å². The number of rotatable bonds is 7. The summed E-state index contributed by atoms with van der Waals surface area (Å²) in [6.45, 7) is 2.45. The topological polar surface area (TPSA) is 97.1 Å². The number of nitrogens with one attached hydrogen (secondary N) is 2. The van der Waals surface area contributed by atoms with Gasteiger partial charge in [-0.15, -0.1) is 0 Å². The maximum Gasteiger partial charge on any atom is 0.319 e. The van der Waals surface area contributed by atoms with Crippen molar-refractivity contribution < 1.29 is 14.0 Å². The van der Waals surface area contributed by atoms with Crippen molar-refractivity contribution in [1.29, 1.82) is 0 Å². The second kappa shape index (κ2) is 9.99. The molecule has 0 saturated carbocycles. The molecule has 2 aromatic carbocycles. The fourth-order valence-electron chi connectivity index (χ4n) is 5.27. The molecule has 10 heteroatoms. The van der Waals surface area contributed by atoms with Gasteiger partial charge in [-0.1, -0.05) is 24.3 Å². The Labute approximate surface area is 218 Å². The molecule has 9 nitrogen and oxygen atoms in total. The van der Waals surface area contributed by atoms with E-state index in [2.05, 4.69) is 26.8 Å². The van der Waals surface area contributed by atoms with Crippen LogP contribution in [0, 0.1) is 5.82 Å². The third-order valence-electron chi connectivity index (χ3n) is 7.16. The van der Waals surface area contributed by atoms with Crippen molar-refractivity contribution in [3.63, 3.8) is 0 Å². The van der Waals surface area contributed by atoms with Crippen LogP contribution in [0.3, 0.4) is 0 Å². The molecule has 0 bridgehead atoms. The average Bonchev–Trinajstić information content (AvgIpc) is 3.71. The number of anilines is 1. The Hall–Kier alpha value is -4.69. The number of halogens is 1. The number of aromatic nitrogens is 4. The summed E-state index contributed by atoms with van der Waals surface area (Å²) in [6.07, 6.45) is 8.70. The van der Waals surface area contributed by atoms with Crippen LogP contribution in [0.1, 0.15) is 24.4 Å². The SMILES string of the molecule is O=C=C1CCCN1CCn1cc(-c2ccc(NC(=O)NCC3c4ccccc4-c4cncn43)cc2F)cn1. The second-order valence-electron chi connectivity index (χ2n) is 9.45. The standard InChI is InChI=1S/C28H26FN7O2/c29-25-12-20(7-8-22(25)19-13-32-35(16-19)11-10-34-9-3-4-21(34)17-37)33-28(38)31-15-27-24-6-2-1-5-23(24)26-14-30-18-36(26)27/h1-2,5-8,12-14,16,18,27H,3-4,9-11,15H2,(H2,31,33,38). The number of carbonyl (C=O) groups is 1. The number of fused-ring (bicyclic) bond motifs is 3. The first-order chi connectivity index (χ1) is 18.6. The van der Waals surface area contributed by atoms with E-state index in [4.69, 9.17) is 0 Å². The summed E-state index contributed by atoms with van der Waals surface area (Å²) in [7, 11) is 0. The number of likely N-dealkylation sites (tertiary alicyclic amines) is 1. The summed E-state index contributed by atoms with van der Waals surface area (Å²) in [5, 5.41) is 9.95. The number of benzene rings is 2. The van der Waals surface area contributed by atoms with Gasteiger partial charge in [-0.25, -0.2) is 19.0 Å². The normalized spacial score (nSPS) is 15.8. The molecule has 0 spiro atoms. The minimum Gasteiger partial charge on any atom is -0.364 e. The van der Waals surface area contributed by atoms with E-state index in [0.717, 1.165) is 36.2 Å². The maximum atomic E-state index is 15.0. The molecule has 2 aliphatic heterocycles. The minimum absolute atomic E-state index is 0.0587. The van der Waals surface area contributed by atoms with E-state index in [1.165, 1.54) is 6.07 Å². The van der Waals surface area contributed by atoms with E-state index in [1.54, 1.807) is 35.5 Å². The van der Waals surface area contributed by atoms with Crippen molar-refractivity contribution in [1.82, 2.24) is 29.5 Å². The highest BCUT2D eigenvalue weighted by Crippen LogP contribution is 2.38. The lowest BCUT2D eigenvalue weighted by Crippen LogP contribution is -2.33. The number of amides is 2. The highest BCUT2D eigenvalue weighted by molar-refractivity contribution is 5.89. The van der Waals surface area contributed by atoms with Gasteiger partial charge in [-0.05, 0) is 36.6 Å². The van der Waals surface area contributed by atoms with Gasteiger partial charge in [0.15, 0.2) is 0 Å². The van der Waals surface area contributed by atoms with Crippen LogP contribution >= 0.6 is 0 Å². The predicted octanol–water partition coefficient (Wildman–Crippen LogP) is 4.09. The van der Waals surface area contributed by atoms with Crippen LogP contribution < -0.4 is 10.6 Å². The molecule has 6 rings (SSSR count). The first-order valence-electron chi connectivity index (χ1n) is 12.6. The monoisotopic (exact) mass is 511 g/mol. The minimum atomic E-state index is -0.458. The predicted molar refractivity (Wildman–Crippen MR) is 140 cm³/mol. The zero-order valence-electron chi connectivity index (χ0n) is 20.6. The quantitative estimate of drug-likeness (QED) is 0.365. The van der Waals surface area contributed by atoms with E-state index in [-0.39, 0.29) is 6.04 Å². The Morgan fingerprint density at radius 2 is 2.03 bits per heavy atom. The Morgan fingerprint density at radius 1 is 1.13 bits per heavy atom. The summed E-state index contributed by atoms with van der Waals surface area (Å²) in [5.41, 5.74) is 5.35. The number of allylic oxidation sites excluding steroid dienone is 1. The van der Waals surface area contributed by atoms with Crippen LogP contribution in [-0.2, 0) is 11.3 Å². The first-order valence-corrected chi connectivity index (χ1v) is 12.6. The van der Waals surface area contributed by atoms with E-state index in [9.17, 15) is 14.0 Å². The van der Waals surface area contributed by atoms with E-state index >= 15 is 0 Å². The van der Waals surface area contributed by atoms with Crippen molar-refractivity contribution in [2.45, 2.75) is 25.4 Å². The Balaban J connectivity index is 1.06. The van der Waals surface area contributed by atoms with Gasteiger partial charge in [0.05, 0.1) is 42.7 Å². The number of nitrogens with zero attached hydrogens (tertiary/aromatic N) is 5. The van der Waals surface area contributed by atoms with Crippen LogP contribution in [0.4, 0.5) is 14.9 Å². The third-order valence-corrected chi connectivity index (χ3v) is 7.16.